The van der Waals surface area contributed by atoms with E-state index in [4.69, 9.17) is 14.6 Å². The zero-order chi connectivity index (χ0) is 26.9. The molecule has 5 atom stereocenters. The highest BCUT2D eigenvalue weighted by Gasteiger charge is 2.78. The summed E-state index contributed by atoms with van der Waals surface area (Å²) in [5.41, 5.74) is -1.19. The van der Waals surface area contributed by atoms with E-state index in [0.29, 0.717) is 44.3 Å². The molecule has 2 aromatic carbocycles. The first-order valence-corrected chi connectivity index (χ1v) is 14.0. The number of carbonyl (C=O) groups is 3. The van der Waals surface area contributed by atoms with Gasteiger partial charge in [0.25, 0.3) is 0 Å². The van der Waals surface area contributed by atoms with Crippen LogP contribution in [0.5, 0.6) is 0 Å². The van der Waals surface area contributed by atoms with Crippen LogP contribution in [0, 0.1) is 11.8 Å². The number of anilines is 1. The van der Waals surface area contributed by atoms with Crippen molar-refractivity contribution in [3.63, 3.8) is 0 Å². The van der Waals surface area contributed by atoms with Gasteiger partial charge in [-0.15, -0.1) is 0 Å². The minimum Gasteiger partial charge on any atom is -0.466 e. The lowest BCUT2D eigenvalue weighted by molar-refractivity contribution is -0.160. The number of nitrogens with one attached hydrogen (secondary N) is 1. The Bertz CT molecular complexity index is 1220. The second-order valence-corrected chi connectivity index (χ2v) is 10.8. The Morgan fingerprint density at radius 2 is 1.84 bits per heavy atom. The summed E-state index contributed by atoms with van der Waals surface area (Å²) < 4.78 is 12.2. The molecule has 3 heterocycles. The number of fused-ring (bicyclic) bond motifs is 2. The number of aliphatic hydroxyl groups is 1. The molecular formula is C30H38N2O6. The second kappa shape index (κ2) is 10.7. The number of carbonyl (C=O) groups excluding carboxylic acids is 3. The summed E-state index contributed by atoms with van der Waals surface area (Å²) >= 11 is 0. The average Bonchev–Trinajstić information content (AvgIpc) is 3.52. The van der Waals surface area contributed by atoms with Crippen molar-refractivity contribution in [2.75, 3.05) is 25.1 Å². The Morgan fingerprint density at radius 1 is 1.08 bits per heavy atom. The Hall–Kier alpha value is -2.97. The van der Waals surface area contributed by atoms with Crippen molar-refractivity contribution in [1.82, 2.24) is 4.90 Å². The summed E-state index contributed by atoms with van der Waals surface area (Å²) in [6.45, 7) is 4.49. The molecule has 8 heteroatoms. The number of esters is 1. The van der Waals surface area contributed by atoms with Crippen molar-refractivity contribution < 1.29 is 29.0 Å². The van der Waals surface area contributed by atoms with Gasteiger partial charge >= 0.3 is 5.97 Å². The highest BCUT2D eigenvalue weighted by atomic mass is 16.6. The molecule has 3 saturated heterocycles. The molecular weight excluding hydrogens is 484 g/mol. The summed E-state index contributed by atoms with van der Waals surface area (Å²) in [5, 5.41) is 14.3. The van der Waals surface area contributed by atoms with Crippen LogP contribution >= 0.6 is 0 Å². The monoisotopic (exact) mass is 522 g/mol. The molecule has 2 amide bonds. The number of ether oxygens (including phenoxy) is 2. The number of nitrogens with zero attached hydrogens (tertiary/aromatic N) is 1. The molecule has 0 aliphatic carbocycles. The predicted molar refractivity (Wildman–Crippen MR) is 143 cm³/mol. The van der Waals surface area contributed by atoms with E-state index in [2.05, 4.69) is 5.32 Å². The molecule has 1 spiro atoms. The molecule has 3 aliphatic heterocycles. The normalized spacial score (nSPS) is 29.6. The van der Waals surface area contributed by atoms with E-state index in [9.17, 15) is 14.4 Å². The third-order valence-electron chi connectivity index (χ3n) is 8.79. The summed E-state index contributed by atoms with van der Waals surface area (Å²) in [5.74, 6) is -2.35. The zero-order valence-electron chi connectivity index (χ0n) is 22.3. The van der Waals surface area contributed by atoms with Crippen LogP contribution in [0.1, 0.15) is 58.8 Å². The zero-order valence-corrected chi connectivity index (χ0v) is 22.3. The Morgan fingerprint density at radius 3 is 2.58 bits per heavy atom. The van der Waals surface area contributed by atoms with Gasteiger partial charge in [0.05, 0.1) is 18.1 Å². The van der Waals surface area contributed by atoms with E-state index in [-0.39, 0.29) is 25.0 Å². The average molecular weight is 523 g/mol. The maximum atomic E-state index is 14.0. The molecule has 0 saturated carbocycles. The number of rotatable bonds is 11. The standard InChI is InChI=1S/C30H38N2O6/c1-3-29-15-16-30(38-29)23(24(29)28(36)37-4-2)27(35)32(17-9-5-6-10-18-33)25(30)26(34)31-22-14-13-20-11-7-8-12-21(20)19-22/h7-8,11-14,19,23-25,33H,3-6,9-10,15-18H2,1-2H3,(H,31,34)/t23-,24+,25?,29-,30?/m0/s1. The summed E-state index contributed by atoms with van der Waals surface area (Å²) in [4.78, 5) is 42.9. The lowest BCUT2D eigenvalue weighted by Gasteiger charge is -2.33. The van der Waals surface area contributed by atoms with Crippen LogP contribution in [-0.2, 0) is 23.9 Å². The molecule has 3 aliphatic rings. The van der Waals surface area contributed by atoms with Crippen LogP contribution in [0.3, 0.4) is 0 Å². The van der Waals surface area contributed by atoms with E-state index in [1.165, 1.54) is 0 Å². The van der Waals surface area contributed by atoms with Crippen LogP contribution in [-0.4, -0.2) is 64.8 Å². The topological polar surface area (TPSA) is 105 Å². The van der Waals surface area contributed by atoms with Crippen LogP contribution in [0.15, 0.2) is 42.5 Å². The van der Waals surface area contributed by atoms with Crippen LogP contribution in [0.4, 0.5) is 5.69 Å². The first-order valence-electron chi connectivity index (χ1n) is 14.0. The third kappa shape index (κ3) is 4.28. The molecule has 2 N–H and O–H groups in total. The fraction of sp³-hybridized carbons (Fsp3) is 0.567. The molecule has 0 aromatic heterocycles. The van der Waals surface area contributed by atoms with Gasteiger partial charge < -0.3 is 24.8 Å². The minimum absolute atomic E-state index is 0.138. The lowest BCUT2D eigenvalue weighted by Crippen LogP contribution is -2.53. The smallest absolute Gasteiger partial charge is 0.312 e. The number of amides is 2. The van der Waals surface area contributed by atoms with Crippen LogP contribution < -0.4 is 5.32 Å². The summed E-state index contributed by atoms with van der Waals surface area (Å²) in [7, 11) is 0. The molecule has 0 radical (unpaired) electrons. The van der Waals surface area contributed by atoms with Crippen molar-refractivity contribution in [3.8, 4) is 0 Å². The van der Waals surface area contributed by atoms with Crippen molar-refractivity contribution >= 4 is 34.2 Å². The molecule has 38 heavy (non-hydrogen) atoms. The third-order valence-corrected chi connectivity index (χ3v) is 8.79. The SMILES string of the molecule is CCOC(=O)[C@H]1[C@H]2C(=O)N(CCCCCCO)C(C(=O)Nc3ccc4ccccc4c3)C23CC[C@]1(CC)O3. The van der Waals surface area contributed by atoms with Gasteiger partial charge in [-0.2, -0.15) is 0 Å². The fourth-order valence-electron chi connectivity index (χ4n) is 7.07. The maximum Gasteiger partial charge on any atom is 0.312 e. The highest BCUT2D eigenvalue weighted by Crippen LogP contribution is 2.64. The van der Waals surface area contributed by atoms with E-state index in [0.717, 1.165) is 23.6 Å². The molecule has 2 bridgehead atoms. The van der Waals surface area contributed by atoms with Gasteiger partial charge in [-0.05, 0) is 61.9 Å². The molecule has 204 valence electrons. The summed E-state index contributed by atoms with van der Waals surface area (Å²) in [6, 6.07) is 12.9. The van der Waals surface area contributed by atoms with Gasteiger partial charge in [-0.1, -0.05) is 50.1 Å². The predicted octanol–water partition coefficient (Wildman–Crippen LogP) is 4.05. The molecule has 8 nitrogen and oxygen atoms in total. The highest BCUT2D eigenvalue weighted by molar-refractivity contribution is 6.04. The first-order chi connectivity index (χ1) is 18.4. The molecule has 5 rings (SSSR count). The van der Waals surface area contributed by atoms with E-state index >= 15 is 0 Å². The number of hydrogen-bond donors (Lipinski definition) is 2. The van der Waals surface area contributed by atoms with Gasteiger partial charge in [-0.3, -0.25) is 14.4 Å². The quantitative estimate of drug-likeness (QED) is 0.341. The lowest BCUT2D eigenvalue weighted by atomic mass is 9.65. The number of unbranched alkanes of at least 4 members (excludes halogenated alkanes) is 3. The van der Waals surface area contributed by atoms with Gasteiger partial charge in [-0.25, -0.2) is 0 Å². The molecule has 3 fully saturated rings. The van der Waals surface area contributed by atoms with Crippen LogP contribution in [0.25, 0.3) is 10.8 Å². The Labute approximate surface area is 223 Å². The second-order valence-electron chi connectivity index (χ2n) is 10.8. The van der Waals surface area contributed by atoms with Crippen molar-refractivity contribution in [3.05, 3.63) is 42.5 Å². The molecule has 2 aromatic rings. The van der Waals surface area contributed by atoms with Crippen molar-refractivity contribution in [1.29, 1.82) is 0 Å². The summed E-state index contributed by atoms with van der Waals surface area (Å²) in [6.07, 6.45) is 4.83. The van der Waals surface area contributed by atoms with E-state index < -0.39 is 35.0 Å². The maximum absolute atomic E-state index is 14.0. The fourth-order valence-corrected chi connectivity index (χ4v) is 7.07. The number of hydrogen-bond acceptors (Lipinski definition) is 6. The molecule has 2 unspecified atom stereocenters. The number of benzene rings is 2. The Balaban J connectivity index is 1.47. The first kappa shape index (κ1) is 26.6. The van der Waals surface area contributed by atoms with Gasteiger partial charge in [0, 0.05) is 18.8 Å². The van der Waals surface area contributed by atoms with E-state index in [1.807, 2.05) is 49.4 Å². The van der Waals surface area contributed by atoms with Gasteiger partial charge in [0.1, 0.15) is 17.6 Å². The number of likely N-dealkylation sites (tertiary alicyclic amines) is 1. The Kier molecular flexibility index (Phi) is 7.47. The van der Waals surface area contributed by atoms with Crippen molar-refractivity contribution in [2.24, 2.45) is 11.8 Å². The van der Waals surface area contributed by atoms with Crippen molar-refractivity contribution in [2.45, 2.75) is 76.0 Å². The van der Waals surface area contributed by atoms with Crippen LogP contribution in [0.2, 0.25) is 0 Å². The van der Waals surface area contributed by atoms with E-state index in [1.54, 1.807) is 11.8 Å². The van der Waals surface area contributed by atoms with Gasteiger partial charge in [0.15, 0.2) is 0 Å². The largest absolute Gasteiger partial charge is 0.466 e. The van der Waals surface area contributed by atoms with Gasteiger partial charge in [0.2, 0.25) is 11.8 Å². The minimum atomic E-state index is -1.06. The number of aliphatic hydroxyl groups excluding tert-OH is 1.